The Morgan fingerprint density at radius 1 is 0.920 bits per heavy atom. The molecular formula is C17H22N2O5S. The molecule has 0 saturated carbocycles. The van der Waals surface area contributed by atoms with Crippen molar-refractivity contribution in [1.82, 2.24) is 9.21 Å². The van der Waals surface area contributed by atoms with Crippen molar-refractivity contribution in [3.63, 3.8) is 0 Å². The number of ether oxygens (including phenoxy) is 2. The number of carbonyl (C=O) groups excluding carboxylic acids is 1. The molecule has 2 fully saturated rings. The Morgan fingerprint density at radius 2 is 1.48 bits per heavy atom. The minimum atomic E-state index is -3.49. The van der Waals surface area contributed by atoms with Gasteiger partial charge < -0.3 is 14.4 Å². The third kappa shape index (κ3) is 4.46. The molecule has 0 atom stereocenters. The second-order valence-electron chi connectivity index (χ2n) is 5.86. The first-order chi connectivity index (χ1) is 12.1. The Balaban J connectivity index is 1.65. The maximum atomic E-state index is 12.6. The summed E-state index contributed by atoms with van der Waals surface area (Å²) in [5.41, 5.74) is 0.780. The zero-order chi connectivity index (χ0) is 17.7. The molecule has 0 bridgehead atoms. The number of hydrogen-bond donors (Lipinski definition) is 0. The Hall–Kier alpha value is -1.74. The Morgan fingerprint density at radius 3 is 2.08 bits per heavy atom. The first kappa shape index (κ1) is 18.1. The lowest BCUT2D eigenvalue weighted by molar-refractivity contribution is -0.129. The van der Waals surface area contributed by atoms with Gasteiger partial charge in [-0.1, -0.05) is 12.1 Å². The molecule has 2 saturated heterocycles. The average Bonchev–Trinajstić information content (AvgIpc) is 2.68. The van der Waals surface area contributed by atoms with Crippen LogP contribution in [0.2, 0.25) is 0 Å². The maximum Gasteiger partial charge on any atom is 0.246 e. The predicted molar refractivity (Wildman–Crippen MR) is 92.5 cm³/mol. The van der Waals surface area contributed by atoms with Crippen LogP contribution < -0.4 is 0 Å². The van der Waals surface area contributed by atoms with Gasteiger partial charge in [-0.3, -0.25) is 4.79 Å². The summed E-state index contributed by atoms with van der Waals surface area (Å²) in [6, 6.07) is 6.56. The van der Waals surface area contributed by atoms with Gasteiger partial charge in [0.25, 0.3) is 0 Å². The molecule has 136 valence electrons. The molecule has 2 aliphatic heterocycles. The van der Waals surface area contributed by atoms with Gasteiger partial charge in [-0.25, -0.2) is 8.42 Å². The van der Waals surface area contributed by atoms with Crippen LogP contribution in [0.4, 0.5) is 0 Å². The molecule has 0 unspecified atom stereocenters. The molecule has 0 radical (unpaired) electrons. The summed E-state index contributed by atoms with van der Waals surface area (Å²) in [6.07, 6.45) is 3.21. The number of nitrogens with zero attached hydrogens (tertiary/aromatic N) is 2. The van der Waals surface area contributed by atoms with E-state index in [0.29, 0.717) is 52.6 Å². The van der Waals surface area contributed by atoms with Gasteiger partial charge in [-0.15, -0.1) is 0 Å². The van der Waals surface area contributed by atoms with Gasteiger partial charge in [0, 0.05) is 32.3 Å². The number of sulfonamides is 1. The lowest BCUT2D eigenvalue weighted by Crippen LogP contribution is -2.40. The van der Waals surface area contributed by atoms with E-state index in [1.54, 1.807) is 35.2 Å². The maximum absolute atomic E-state index is 12.6. The van der Waals surface area contributed by atoms with E-state index in [2.05, 4.69) is 0 Å². The van der Waals surface area contributed by atoms with Crippen LogP contribution in [0.25, 0.3) is 6.08 Å². The highest BCUT2D eigenvalue weighted by Gasteiger charge is 2.25. The van der Waals surface area contributed by atoms with Crippen LogP contribution in [0, 0.1) is 0 Å². The van der Waals surface area contributed by atoms with Gasteiger partial charge in [0.05, 0.1) is 31.3 Å². The zero-order valence-electron chi connectivity index (χ0n) is 14.0. The van der Waals surface area contributed by atoms with Gasteiger partial charge >= 0.3 is 0 Å². The first-order valence-electron chi connectivity index (χ1n) is 8.30. The number of hydrogen-bond acceptors (Lipinski definition) is 5. The van der Waals surface area contributed by atoms with Crippen LogP contribution in [-0.2, 0) is 24.3 Å². The topological polar surface area (TPSA) is 76.2 Å². The van der Waals surface area contributed by atoms with E-state index in [4.69, 9.17) is 9.47 Å². The molecule has 1 aromatic carbocycles. The molecule has 0 aromatic heterocycles. The molecule has 25 heavy (non-hydrogen) atoms. The van der Waals surface area contributed by atoms with Gasteiger partial charge in [-0.05, 0) is 23.8 Å². The summed E-state index contributed by atoms with van der Waals surface area (Å²) < 4.78 is 37.0. The average molecular weight is 366 g/mol. The molecule has 7 nitrogen and oxygen atoms in total. The van der Waals surface area contributed by atoms with Gasteiger partial charge in [0.15, 0.2) is 0 Å². The van der Waals surface area contributed by atoms with Crippen molar-refractivity contribution >= 4 is 22.0 Å². The van der Waals surface area contributed by atoms with Crippen LogP contribution in [0.5, 0.6) is 0 Å². The second-order valence-corrected chi connectivity index (χ2v) is 7.79. The van der Waals surface area contributed by atoms with Gasteiger partial charge in [0.1, 0.15) is 0 Å². The van der Waals surface area contributed by atoms with E-state index in [1.807, 2.05) is 0 Å². The molecule has 2 heterocycles. The molecular weight excluding hydrogens is 344 g/mol. The standard InChI is InChI=1S/C17H22N2O5S/c20-17(18-7-11-23-12-8-18)6-3-15-1-4-16(5-2-15)25(21,22)19-9-13-24-14-10-19/h1-6H,7-14H2. The lowest BCUT2D eigenvalue weighted by Gasteiger charge is -2.26. The highest BCUT2D eigenvalue weighted by Crippen LogP contribution is 2.18. The zero-order valence-corrected chi connectivity index (χ0v) is 14.8. The highest BCUT2D eigenvalue weighted by atomic mass is 32.2. The Bertz CT molecular complexity index is 718. The number of benzene rings is 1. The van der Waals surface area contributed by atoms with Crippen molar-refractivity contribution in [1.29, 1.82) is 0 Å². The molecule has 3 rings (SSSR count). The predicted octanol–water partition coefficient (Wildman–Crippen LogP) is 0.580. The molecule has 8 heteroatoms. The minimum absolute atomic E-state index is 0.0617. The molecule has 2 aliphatic rings. The van der Waals surface area contributed by atoms with Crippen molar-refractivity contribution in [2.24, 2.45) is 0 Å². The summed E-state index contributed by atoms with van der Waals surface area (Å²) in [7, 11) is -3.49. The minimum Gasteiger partial charge on any atom is -0.379 e. The van der Waals surface area contributed by atoms with Crippen LogP contribution in [-0.4, -0.2) is 76.1 Å². The smallest absolute Gasteiger partial charge is 0.246 e. The largest absolute Gasteiger partial charge is 0.379 e. The van der Waals surface area contributed by atoms with E-state index in [-0.39, 0.29) is 10.8 Å². The Labute approximate surface area is 147 Å². The summed E-state index contributed by atoms with van der Waals surface area (Å²) in [5, 5.41) is 0. The fraction of sp³-hybridized carbons (Fsp3) is 0.471. The van der Waals surface area contributed by atoms with E-state index in [1.165, 1.54) is 10.4 Å². The monoisotopic (exact) mass is 366 g/mol. The number of carbonyl (C=O) groups is 1. The van der Waals surface area contributed by atoms with Crippen molar-refractivity contribution in [3.05, 3.63) is 35.9 Å². The van der Waals surface area contributed by atoms with Crippen molar-refractivity contribution in [2.45, 2.75) is 4.90 Å². The third-order valence-corrected chi connectivity index (χ3v) is 6.14. The molecule has 1 aromatic rings. The fourth-order valence-electron chi connectivity index (χ4n) is 2.74. The van der Waals surface area contributed by atoms with Crippen molar-refractivity contribution in [3.8, 4) is 0 Å². The van der Waals surface area contributed by atoms with E-state index in [9.17, 15) is 13.2 Å². The number of rotatable bonds is 4. The highest BCUT2D eigenvalue weighted by molar-refractivity contribution is 7.89. The molecule has 0 spiro atoms. The number of amides is 1. The quantitative estimate of drug-likeness (QED) is 0.729. The molecule has 0 aliphatic carbocycles. The molecule has 1 amide bonds. The first-order valence-corrected chi connectivity index (χ1v) is 9.74. The van der Waals surface area contributed by atoms with Gasteiger partial charge in [0.2, 0.25) is 15.9 Å². The van der Waals surface area contributed by atoms with Crippen LogP contribution in [0.3, 0.4) is 0 Å². The molecule has 0 N–H and O–H groups in total. The van der Waals surface area contributed by atoms with Crippen molar-refractivity contribution < 1.29 is 22.7 Å². The summed E-state index contributed by atoms with van der Waals surface area (Å²) in [6.45, 7) is 3.91. The van der Waals surface area contributed by atoms with Crippen molar-refractivity contribution in [2.75, 3.05) is 52.6 Å². The Kier molecular flexibility index (Phi) is 5.85. The summed E-state index contributed by atoms with van der Waals surface area (Å²) in [4.78, 5) is 14.1. The van der Waals surface area contributed by atoms with Crippen LogP contribution in [0.1, 0.15) is 5.56 Å². The SMILES string of the molecule is O=C(C=Cc1ccc(S(=O)(=O)N2CCOCC2)cc1)N1CCOCC1. The number of morpholine rings is 2. The van der Waals surface area contributed by atoms with E-state index < -0.39 is 10.0 Å². The second kappa shape index (κ2) is 8.09. The summed E-state index contributed by atoms with van der Waals surface area (Å²) in [5.74, 6) is -0.0617. The van der Waals surface area contributed by atoms with Gasteiger partial charge in [-0.2, -0.15) is 4.31 Å². The summed E-state index contributed by atoms with van der Waals surface area (Å²) >= 11 is 0. The lowest BCUT2D eigenvalue weighted by atomic mass is 10.2. The van der Waals surface area contributed by atoms with E-state index >= 15 is 0 Å². The third-order valence-electron chi connectivity index (χ3n) is 4.23. The van der Waals surface area contributed by atoms with Crippen LogP contribution in [0.15, 0.2) is 35.2 Å². The fourth-order valence-corrected chi connectivity index (χ4v) is 4.15. The van der Waals surface area contributed by atoms with E-state index in [0.717, 1.165) is 5.56 Å². The normalized spacial score (nSPS) is 20.1. The van der Waals surface area contributed by atoms with Crippen LogP contribution >= 0.6 is 0 Å².